The Labute approximate surface area is 98.0 Å². The Morgan fingerprint density at radius 1 is 1.53 bits per heavy atom. The highest BCUT2D eigenvalue weighted by atomic mass is 32.1. The highest BCUT2D eigenvalue weighted by Crippen LogP contribution is 2.38. The number of thiazole rings is 1. The van der Waals surface area contributed by atoms with Gasteiger partial charge in [0.2, 0.25) is 0 Å². The second-order valence-corrected chi connectivity index (χ2v) is 4.57. The van der Waals surface area contributed by atoms with Gasteiger partial charge in [0.1, 0.15) is 16.0 Å². The van der Waals surface area contributed by atoms with Crippen LogP contribution in [0.1, 0.15) is 39.3 Å². The number of aromatic carboxylic acids is 1. The molecule has 0 aromatic carbocycles. The van der Waals surface area contributed by atoms with E-state index in [2.05, 4.69) is 4.98 Å². The average Bonchev–Trinajstić information content (AvgIpc) is 2.85. The maximum Gasteiger partial charge on any atom is 0.435 e. The van der Waals surface area contributed by atoms with E-state index in [0.29, 0.717) is 24.4 Å². The Balaban J connectivity index is 2.40. The van der Waals surface area contributed by atoms with E-state index in [9.17, 15) is 18.0 Å². The van der Waals surface area contributed by atoms with Crippen LogP contribution in [-0.4, -0.2) is 22.7 Å². The molecule has 1 aliphatic heterocycles. The quantitative estimate of drug-likeness (QED) is 0.895. The fourth-order valence-corrected chi connectivity index (χ4v) is 2.59. The number of carbonyl (C=O) groups is 1. The Kier molecular flexibility index (Phi) is 3.09. The Morgan fingerprint density at radius 3 is 2.65 bits per heavy atom. The van der Waals surface area contributed by atoms with Crippen molar-refractivity contribution in [1.82, 2.24) is 4.98 Å². The van der Waals surface area contributed by atoms with Crippen molar-refractivity contribution in [2.45, 2.75) is 25.1 Å². The second-order valence-electron chi connectivity index (χ2n) is 3.53. The van der Waals surface area contributed by atoms with E-state index in [4.69, 9.17) is 9.84 Å². The molecule has 94 valence electrons. The van der Waals surface area contributed by atoms with E-state index in [1.54, 1.807) is 0 Å². The third-order valence-corrected chi connectivity index (χ3v) is 3.45. The van der Waals surface area contributed by atoms with Crippen LogP contribution in [0.5, 0.6) is 0 Å². The molecule has 8 heteroatoms. The van der Waals surface area contributed by atoms with Gasteiger partial charge in [0.15, 0.2) is 5.69 Å². The average molecular weight is 267 g/mol. The zero-order chi connectivity index (χ0) is 12.6. The van der Waals surface area contributed by atoms with Gasteiger partial charge >= 0.3 is 12.1 Å². The first kappa shape index (κ1) is 12.3. The number of alkyl halides is 3. The minimum absolute atomic E-state index is 0.0900. The van der Waals surface area contributed by atoms with Crippen LogP contribution in [0.4, 0.5) is 13.2 Å². The van der Waals surface area contributed by atoms with Crippen molar-refractivity contribution in [2.24, 2.45) is 0 Å². The summed E-state index contributed by atoms with van der Waals surface area (Å²) in [6.45, 7) is 0.466. The van der Waals surface area contributed by atoms with Gasteiger partial charge < -0.3 is 9.84 Å². The van der Waals surface area contributed by atoms with Gasteiger partial charge in [-0.05, 0) is 12.8 Å². The molecule has 1 fully saturated rings. The number of aromatic nitrogens is 1. The third-order valence-electron chi connectivity index (χ3n) is 2.31. The SMILES string of the molecule is O=C(O)c1sc(C2CCCO2)nc1C(F)(F)F. The summed E-state index contributed by atoms with van der Waals surface area (Å²) in [6, 6.07) is 0. The molecule has 0 bridgehead atoms. The van der Waals surface area contributed by atoms with Crippen molar-refractivity contribution < 1.29 is 27.8 Å². The number of ether oxygens (including phenoxy) is 1. The number of nitrogens with zero attached hydrogens (tertiary/aromatic N) is 1. The molecule has 2 rings (SSSR count). The lowest BCUT2D eigenvalue weighted by Gasteiger charge is -2.04. The molecule has 1 N–H and O–H groups in total. The van der Waals surface area contributed by atoms with Gasteiger partial charge in [-0.3, -0.25) is 0 Å². The number of hydrogen-bond donors (Lipinski definition) is 1. The van der Waals surface area contributed by atoms with Crippen LogP contribution in [-0.2, 0) is 10.9 Å². The molecule has 0 spiro atoms. The van der Waals surface area contributed by atoms with Crippen LogP contribution in [0.2, 0.25) is 0 Å². The predicted octanol–water partition coefficient (Wildman–Crippen LogP) is 2.71. The van der Waals surface area contributed by atoms with E-state index in [1.165, 1.54) is 0 Å². The van der Waals surface area contributed by atoms with Gasteiger partial charge in [-0.25, -0.2) is 9.78 Å². The molecule has 4 nitrogen and oxygen atoms in total. The van der Waals surface area contributed by atoms with Crippen molar-refractivity contribution in [3.8, 4) is 0 Å². The van der Waals surface area contributed by atoms with Crippen molar-refractivity contribution in [2.75, 3.05) is 6.61 Å². The fraction of sp³-hybridized carbons (Fsp3) is 0.556. The molecule has 0 amide bonds. The number of carboxylic acid groups (broad SMARTS) is 1. The topological polar surface area (TPSA) is 59.4 Å². The summed E-state index contributed by atoms with van der Waals surface area (Å²) < 4.78 is 42.8. The monoisotopic (exact) mass is 267 g/mol. The van der Waals surface area contributed by atoms with Crippen molar-refractivity contribution >= 4 is 17.3 Å². The van der Waals surface area contributed by atoms with Crippen LogP contribution < -0.4 is 0 Å². The van der Waals surface area contributed by atoms with Gasteiger partial charge in [0.05, 0.1) is 0 Å². The van der Waals surface area contributed by atoms with E-state index >= 15 is 0 Å². The summed E-state index contributed by atoms with van der Waals surface area (Å²) in [5.74, 6) is -1.61. The molecule has 17 heavy (non-hydrogen) atoms. The van der Waals surface area contributed by atoms with Crippen LogP contribution in [0.25, 0.3) is 0 Å². The third kappa shape index (κ3) is 2.42. The number of hydrogen-bond acceptors (Lipinski definition) is 4. The first-order chi connectivity index (χ1) is 7.89. The lowest BCUT2D eigenvalue weighted by Crippen LogP contribution is -2.11. The highest BCUT2D eigenvalue weighted by molar-refractivity contribution is 7.13. The zero-order valence-corrected chi connectivity index (χ0v) is 9.27. The van der Waals surface area contributed by atoms with Crippen LogP contribution in [0, 0.1) is 0 Å². The first-order valence-corrected chi connectivity index (χ1v) is 5.64. The summed E-state index contributed by atoms with van der Waals surface area (Å²) in [6.07, 6.45) is -3.94. The molecule has 1 aromatic heterocycles. The standard InChI is InChI=1S/C9H8F3NO3S/c10-9(11,12)6-5(8(14)15)17-7(13-6)4-2-1-3-16-4/h4H,1-3H2,(H,14,15). The molecule has 1 aromatic rings. The van der Waals surface area contributed by atoms with Crippen LogP contribution in [0.3, 0.4) is 0 Å². The van der Waals surface area contributed by atoms with E-state index in [0.717, 1.165) is 6.42 Å². The smallest absolute Gasteiger partial charge is 0.435 e. The zero-order valence-electron chi connectivity index (χ0n) is 8.45. The maximum absolute atomic E-state index is 12.5. The first-order valence-electron chi connectivity index (χ1n) is 4.82. The molecular formula is C9H8F3NO3S. The van der Waals surface area contributed by atoms with Crippen LogP contribution >= 0.6 is 11.3 Å². The van der Waals surface area contributed by atoms with Gasteiger partial charge in [-0.1, -0.05) is 0 Å². The summed E-state index contributed by atoms with van der Waals surface area (Å²) >= 11 is 0.536. The second kappa shape index (κ2) is 4.26. The normalized spacial score (nSPS) is 20.8. The molecule has 2 heterocycles. The summed E-state index contributed by atoms with van der Waals surface area (Å²) in [5, 5.41) is 8.80. The summed E-state index contributed by atoms with van der Waals surface area (Å²) in [4.78, 5) is 13.3. The summed E-state index contributed by atoms with van der Waals surface area (Å²) in [5.41, 5.74) is -1.33. The van der Waals surface area contributed by atoms with Gasteiger partial charge in [-0.15, -0.1) is 11.3 Å². The minimum Gasteiger partial charge on any atom is -0.477 e. The Morgan fingerprint density at radius 2 is 2.24 bits per heavy atom. The van der Waals surface area contributed by atoms with E-state index < -0.39 is 28.8 Å². The van der Waals surface area contributed by atoms with E-state index in [1.807, 2.05) is 0 Å². The molecule has 1 saturated heterocycles. The van der Waals surface area contributed by atoms with Crippen molar-refractivity contribution in [3.05, 3.63) is 15.6 Å². The number of carboxylic acids is 1. The molecule has 1 unspecified atom stereocenters. The molecule has 0 radical (unpaired) electrons. The van der Waals surface area contributed by atoms with Crippen LogP contribution in [0.15, 0.2) is 0 Å². The largest absolute Gasteiger partial charge is 0.477 e. The fourth-order valence-electron chi connectivity index (χ4n) is 1.58. The Bertz CT molecular complexity index is 437. The Hall–Kier alpha value is -1.15. The molecule has 1 aliphatic rings. The predicted molar refractivity (Wildman–Crippen MR) is 52.0 cm³/mol. The molecule has 1 atom stereocenters. The molecular weight excluding hydrogens is 259 g/mol. The van der Waals surface area contributed by atoms with Gasteiger partial charge in [-0.2, -0.15) is 13.2 Å². The minimum atomic E-state index is -4.75. The number of halogens is 3. The molecule has 0 saturated carbocycles. The van der Waals surface area contributed by atoms with Gasteiger partial charge in [0.25, 0.3) is 0 Å². The van der Waals surface area contributed by atoms with Crippen molar-refractivity contribution in [3.63, 3.8) is 0 Å². The lowest BCUT2D eigenvalue weighted by atomic mass is 10.2. The van der Waals surface area contributed by atoms with E-state index in [-0.39, 0.29) is 5.01 Å². The molecule has 0 aliphatic carbocycles. The lowest BCUT2D eigenvalue weighted by molar-refractivity contribution is -0.141. The summed E-state index contributed by atoms with van der Waals surface area (Å²) in [7, 11) is 0. The van der Waals surface area contributed by atoms with Crippen molar-refractivity contribution in [1.29, 1.82) is 0 Å². The highest BCUT2D eigenvalue weighted by Gasteiger charge is 2.40. The maximum atomic E-state index is 12.5. The van der Waals surface area contributed by atoms with Gasteiger partial charge in [0, 0.05) is 6.61 Å². The number of rotatable bonds is 2.